The maximum atomic E-state index is 13.5. The van der Waals surface area contributed by atoms with E-state index in [4.69, 9.17) is 9.47 Å². The Morgan fingerprint density at radius 1 is 0.923 bits per heavy atom. The number of aliphatic hydroxyl groups excluding tert-OH is 1. The standard InChI is InChI=1S/C32H50O7/c1-18-16-22(33)31(24(34)38-8)15-14-28(5)19(23(31)30(18,7)36)10-11-21-27(4)17-32(37,25(35)39-9)26(2,3)20(27)12-13-29(21,28)6/h10,18,20-23,33,36-37H,11-17H2,1-9H3/t18-,20+,21-,22+,23-,27+,28-,29-,30-,31-,32+/m1/s1. The van der Waals surface area contributed by atoms with Gasteiger partial charge in [0.2, 0.25) is 0 Å². The Morgan fingerprint density at radius 2 is 1.54 bits per heavy atom. The molecule has 3 N–H and O–H groups in total. The SMILES string of the molecule is COC(=O)[C@@]12CC[C@]3(C)C(=CC[C@@H]4[C@@]5(C)C[C@](O)(C(=O)OC)C(C)(C)[C@@H]5CC[C@]43C)[C@@H]1[C@](C)(O)[C@H](C)C[C@@H]2O. The van der Waals surface area contributed by atoms with Crippen molar-refractivity contribution in [3.05, 3.63) is 11.6 Å². The summed E-state index contributed by atoms with van der Waals surface area (Å²) in [7, 11) is 2.73. The van der Waals surface area contributed by atoms with Crippen LogP contribution < -0.4 is 0 Å². The van der Waals surface area contributed by atoms with Crippen molar-refractivity contribution in [1.82, 2.24) is 0 Å². The van der Waals surface area contributed by atoms with Gasteiger partial charge in [-0.2, -0.15) is 0 Å². The van der Waals surface area contributed by atoms with E-state index in [0.717, 1.165) is 24.8 Å². The summed E-state index contributed by atoms with van der Waals surface area (Å²) in [6.07, 6.45) is 5.74. The van der Waals surface area contributed by atoms with E-state index < -0.39 is 46.0 Å². The predicted molar refractivity (Wildman–Crippen MR) is 146 cm³/mol. The highest BCUT2D eigenvalue weighted by Gasteiger charge is 2.76. The summed E-state index contributed by atoms with van der Waals surface area (Å²) in [6.45, 7) is 14.7. The van der Waals surface area contributed by atoms with Crippen LogP contribution in [0.2, 0.25) is 0 Å². The maximum absolute atomic E-state index is 13.5. The van der Waals surface area contributed by atoms with Crippen molar-refractivity contribution in [1.29, 1.82) is 0 Å². The van der Waals surface area contributed by atoms with E-state index in [2.05, 4.69) is 26.8 Å². The molecule has 5 aliphatic carbocycles. The van der Waals surface area contributed by atoms with E-state index in [1.807, 2.05) is 27.7 Å². The smallest absolute Gasteiger partial charge is 0.338 e. The van der Waals surface area contributed by atoms with Crippen LogP contribution in [-0.4, -0.2) is 58.8 Å². The zero-order chi connectivity index (χ0) is 29.2. The number of aliphatic hydroxyl groups is 3. The summed E-state index contributed by atoms with van der Waals surface area (Å²) in [5.41, 5.74) is -4.31. The van der Waals surface area contributed by atoms with Gasteiger partial charge in [-0.05, 0) is 85.9 Å². The molecule has 0 spiro atoms. The predicted octanol–water partition coefficient (Wildman–Crippen LogP) is 4.42. The van der Waals surface area contributed by atoms with Gasteiger partial charge in [0.15, 0.2) is 5.60 Å². The second-order valence-corrected chi connectivity index (χ2v) is 15.4. The summed E-state index contributed by atoms with van der Waals surface area (Å²) in [6, 6.07) is 0. The Balaban J connectivity index is 1.67. The molecule has 0 aliphatic heterocycles. The molecular weight excluding hydrogens is 496 g/mol. The number of rotatable bonds is 2. The number of allylic oxidation sites excluding steroid dienone is 1. The van der Waals surface area contributed by atoms with Gasteiger partial charge in [0.1, 0.15) is 5.41 Å². The van der Waals surface area contributed by atoms with Gasteiger partial charge in [0.05, 0.1) is 25.9 Å². The Hall–Kier alpha value is -1.44. The highest BCUT2D eigenvalue weighted by atomic mass is 16.5. The first kappa shape index (κ1) is 29.1. The Labute approximate surface area is 233 Å². The number of fused-ring (bicyclic) bond motifs is 7. The molecule has 39 heavy (non-hydrogen) atoms. The number of esters is 2. The molecule has 0 bridgehead atoms. The number of methoxy groups -OCH3 is 2. The Morgan fingerprint density at radius 3 is 2.13 bits per heavy atom. The Bertz CT molecular complexity index is 1110. The summed E-state index contributed by atoms with van der Waals surface area (Å²) in [5, 5.41) is 35.4. The van der Waals surface area contributed by atoms with Crippen LogP contribution in [0.3, 0.4) is 0 Å². The van der Waals surface area contributed by atoms with E-state index in [1.54, 1.807) is 0 Å². The van der Waals surface area contributed by atoms with Crippen molar-refractivity contribution in [2.75, 3.05) is 14.2 Å². The fourth-order valence-corrected chi connectivity index (χ4v) is 11.5. The van der Waals surface area contributed by atoms with Crippen LogP contribution in [0, 0.1) is 50.7 Å². The van der Waals surface area contributed by atoms with Crippen molar-refractivity contribution in [3.8, 4) is 0 Å². The van der Waals surface area contributed by atoms with Gasteiger partial charge in [-0.25, -0.2) is 4.79 Å². The van der Waals surface area contributed by atoms with Crippen LogP contribution in [0.5, 0.6) is 0 Å². The molecule has 0 unspecified atom stereocenters. The first-order valence-electron chi connectivity index (χ1n) is 14.9. The molecule has 0 saturated heterocycles. The van der Waals surface area contributed by atoms with Gasteiger partial charge >= 0.3 is 11.9 Å². The highest BCUT2D eigenvalue weighted by molar-refractivity contribution is 5.81. The summed E-state index contributed by atoms with van der Waals surface area (Å²) >= 11 is 0. The first-order chi connectivity index (χ1) is 17.9. The minimum Gasteiger partial charge on any atom is -0.468 e. The Kier molecular flexibility index (Phi) is 6.20. The van der Waals surface area contributed by atoms with E-state index in [1.165, 1.54) is 14.2 Å². The quantitative estimate of drug-likeness (QED) is 0.347. The third-order valence-corrected chi connectivity index (χ3v) is 14.1. The first-order valence-corrected chi connectivity index (χ1v) is 14.9. The second-order valence-electron chi connectivity index (χ2n) is 15.4. The third kappa shape index (κ3) is 3.11. The van der Waals surface area contributed by atoms with Crippen LogP contribution in [0.4, 0.5) is 0 Å². The molecule has 0 heterocycles. The molecule has 0 radical (unpaired) electrons. The van der Waals surface area contributed by atoms with Gasteiger partial charge in [0, 0.05) is 11.3 Å². The van der Waals surface area contributed by atoms with Gasteiger partial charge < -0.3 is 24.8 Å². The lowest BCUT2D eigenvalue weighted by Gasteiger charge is -2.70. The van der Waals surface area contributed by atoms with E-state index in [0.29, 0.717) is 25.7 Å². The molecule has 11 atom stereocenters. The lowest BCUT2D eigenvalue weighted by Crippen LogP contribution is -2.69. The van der Waals surface area contributed by atoms with Crippen LogP contribution in [0.1, 0.15) is 93.4 Å². The minimum atomic E-state index is -1.56. The van der Waals surface area contributed by atoms with Gasteiger partial charge in [-0.1, -0.05) is 53.2 Å². The lowest BCUT2D eigenvalue weighted by atomic mass is 9.34. The maximum Gasteiger partial charge on any atom is 0.338 e. The van der Waals surface area contributed by atoms with E-state index >= 15 is 0 Å². The third-order valence-electron chi connectivity index (χ3n) is 14.1. The van der Waals surface area contributed by atoms with E-state index in [-0.39, 0.29) is 34.0 Å². The molecule has 0 aromatic carbocycles. The lowest BCUT2D eigenvalue weighted by molar-refractivity contribution is -0.225. The molecule has 0 amide bonds. The number of ether oxygens (including phenoxy) is 2. The van der Waals surface area contributed by atoms with Crippen LogP contribution >= 0.6 is 0 Å². The second kappa shape index (κ2) is 8.32. The zero-order valence-electron chi connectivity index (χ0n) is 25.4. The molecule has 7 heteroatoms. The van der Waals surface area contributed by atoms with Crippen molar-refractivity contribution in [3.63, 3.8) is 0 Å². The molecule has 0 aromatic heterocycles. The van der Waals surface area contributed by atoms with Crippen molar-refractivity contribution in [2.24, 2.45) is 50.7 Å². The van der Waals surface area contributed by atoms with Crippen LogP contribution in [0.25, 0.3) is 0 Å². The minimum absolute atomic E-state index is 0.142. The topological polar surface area (TPSA) is 113 Å². The zero-order valence-corrected chi connectivity index (χ0v) is 25.4. The summed E-state index contributed by atoms with van der Waals surface area (Å²) in [4.78, 5) is 26.5. The number of carbonyl (C=O) groups is 2. The van der Waals surface area contributed by atoms with Crippen LogP contribution in [-0.2, 0) is 19.1 Å². The molecular formula is C32H50O7. The van der Waals surface area contributed by atoms with Gasteiger partial charge in [-0.3, -0.25) is 4.79 Å². The number of hydrogen-bond acceptors (Lipinski definition) is 7. The molecule has 4 fully saturated rings. The van der Waals surface area contributed by atoms with Gasteiger partial charge in [0.25, 0.3) is 0 Å². The number of carbonyl (C=O) groups excluding carboxylic acids is 2. The largest absolute Gasteiger partial charge is 0.468 e. The molecule has 0 aromatic rings. The van der Waals surface area contributed by atoms with Crippen molar-refractivity contribution >= 4 is 11.9 Å². The summed E-state index contributed by atoms with van der Waals surface area (Å²) in [5.74, 6) is -1.39. The average Bonchev–Trinajstić information content (AvgIpc) is 3.02. The monoisotopic (exact) mass is 546 g/mol. The fourth-order valence-electron chi connectivity index (χ4n) is 11.5. The van der Waals surface area contributed by atoms with Gasteiger partial charge in [-0.15, -0.1) is 0 Å². The van der Waals surface area contributed by atoms with Crippen LogP contribution in [0.15, 0.2) is 11.6 Å². The highest BCUT2D eigenvalue weighted by Crippen LogP contribution is 2.78. The normalized spacial score (nSPS) is 53.8. The average molecular weight is 547 g/mol. The number of hydrogen-bond donors (Lipinski definition) is 3. The fraction of sp³-hybridized carbons (Fsp3) is 0.875. The molecule has 220 valence electrons. The van der Waals surface area contributed by atoms with Crippen molar-refractivity contribution in [2.45, 2.75) is 111 Å². The summed E-state index contributed by atoms with van der Waals surface area (Å²) < 4.78 is 10.5. The molecule has 7 nitrogen and oxygen atoms in total. The van der Waals surface area contributed by atoms with E-state index in [9.17, 15) is 24.9 Å². The molecule has 5 aliphatic rings. The molecule has 5 rings (SSSR count). The van der Waals surface area contributed by atoms with Crippen molar-refractivity contribution < 1.29 is 34.4 Å². The molecule has 4 saturated carbocycles.